The van der Waals surface area contributed by atoms with Gasteiger partial charge in [-0.25, -0.2) is 0 Å². The smallest absolute Gasteiger partial charge is 0.303 e. The summed E-state index contributed by atoms with van der Waals surface area (Å²) in [7, 11) is 1.52. The van der Waals surface area contributed by atoms with Crippen molar-refractivity contribution in [3.05, 3.63) is 23.8 Å². The molecule has 0 unspecified atom stereocenters. The molecule has 92 valence electrons. The van der Waals surface area contributed by atoms with Crippen LogP contribution in [0, 0.1) is 0 Å². The lowest BCUT2D eigenvalue weighted by Crippen LogP contribution is -2.19. The number of hydrogen-bond donors (Lipinski definition) is 3. The molecule has 0 atom stereocenters. The van der Waals surface area contributed by atoms with Gasteiger partial charge in [0, 0.05) is 6.42 Å². The van der Waals surface area contributed by atoms with Gasteiger partial charge in [-0.3, -0.25) is 20.4 Å². The third-order valence-corrected chi connectivity index (χ3v) is 2.16. The van der Waals surface area contributed by atoms with E-state index in [2.05, 4.69) is 10.9 Å². The van der Waals surface area contributed by atoms with Crippen molar-refractivity contribution in [1.82, 2.24) is 5.43 Å². The van der Waals surface area contributed by atoms with E-state index < -0.39 is 5.97 Å². The van der Waals surface area contributed by atoms with Crippen molar-refractivity contribution in [2.24, 2.45) is 0 Å². The van der Waals surface area contributed by atoms with Gasteiger partial charge in [-0.15, -0.1) is 0 Å². The Morgan fingerprint density at radius 2 is 2.29 bits per heavy atom. The molecule has 0 radical (unpaired) electrons. The normalized spacial score (nSPS) is 9.47. The van der Waals surface area contributed by atoms with Gasteiger partial charge in [-0.2, -0.15) is 0 Å². The fraction of sp³-hybridized carbons (Fsp3) is 0.273. The number of carboxylic acid groups (broad SMARTS) is 1. The second-order valence-corrected chi connectivity index (χ2v) is 3.31. The highest BCUT2D eigenvalue weighted by Gasteiger charge is 2.06. The minimum atomic E-state index is -0.864. The Labute approximate surface area is 98.6 Å². The summed E-state index contributed by atoms with van der Waals surface area (Å²) in [6.45, 7) is 0. The number of aryl methyl sites for hydroxylation is 1. The molecule has 0 bridgehead atoms. The molecule has 1 aromatic rings. The predicted molar refractivity (Wildman–Crippen MR) is 61.8 cm³/mol. The first kappa shape index (κ1) is 12.8. The standard InChI is InChI=1S/C11H14N2O4/c1-17-10-4-3-9(13-12-7-14)6-8(10)2-5-11(15)16/h3-4,6-7,13H,2,5H2,1H3,(H,12,14)(H,15,16). The van der Waals surface area contributed by atoms with E-state index >= 15 is 0 Å². The zero-order valence-electron chi connectivity index (χ0n) is 9.40. The second kappa shape index (κ2) is 6.37. The number of carboxylic acids is 1. The van der Waals surface area contributed by atoms with Crippen LogP contribution in [0.25, 0.3) is 0 Å². The van der Waals surface area contributed by atoms with Gasteiger partial charge in [0.1, 0.15) is 5.75 Å². The van der Waals surface area contributed by atoms with Crippen LogP contribution in [0.3, 0.4) is 0 Å². The first-order valence-electron chi connectivity index (χ1n) is 5.01. The average Bonchev–Trinajstić information content (AvgIpc) is 2.33. The molecule has 0 saturated carbocycles. The van der Waals surface area contributed by atoms with E-state index in [1.807, 2.05) is 0 Å². The molecule has 6 heteroatoms. The fourth-order valence-electron chi connectivity index (χ4n) is 1.41. The maximum Gasteiger partial charge on any atom is 0.303 e. The summed E-state index contributed by atoms with van der Waals surface area (Å²) in [5.41, 5.74) is 6.40. The summed E-state index contributed by atoms with van der Waals surface area (Å²) in [4.78, 5) is 20.6. The number of amides is 1. The van der Waals surface area contributed by atoms with E-state index in [1.54, 1.807) is 18.2 Å². The molecule has 17 heavy (non-hydrogen) atoms. The number of rotatable bonds is 7. The number of anilines is 1. The van der Waals surface area contributed by atoms with Crippen LogP contribution in [0.4, 0.5) is 5.69 Å². The molecule has 0 heterocycles. The Kier molecular flexibility index (Phi) is 4.80. The van der Waals surface area contributed by atoms with Crippen LogP contribution in [-0.4, -0.2) is 24.6 Å². The lowest BCUT2D eigenvalue weighted by Gasteiger charge is -2.10. The fourth-order valence-corrected chi connectivity index (χ4v) is 1.41. The monoisotopic (exact) mass is 238 g/mol. The minimum Gasteiger partial charge on any atom is -0.496 e. The lowest BCUT2D eigenvalue weighted by atomic mass is 10.1. The number of aliphatic carboxylic acids is 1. The molecule has 0 saturated heterocycles. The highest BCUT2D eigenvalue weighted by Crippen LogP contribution is 2.23. The van der Waals surface area contributed by atoms with E-state index in [0.29, 0.717) is 24.3 Å². The van der Waals surface area contributed by atoms with E-state index in [1.165, 1.54) is 7.11 Å². The zero-order chi connectivity index (χ0) is 12.7. The Morgan fingerprint density at radius 3 is 2.88 bits per heavy atom. The molecule has 0 aliphatic carbocycles. The van der Waals surface area contributed by atoms with Crippen molar-refractivity contribution in [2.75, 3.05) is 12.5 Å². The number of benzene rings is 1. The number of ether oxygens (including phenoxy) is 1. The van der Waals surface area contributed by atoms with Gasteiger partial charge in [0.2, 0.25) is 6.41 Å². The Balaban J connectivity index is 2.81. The van der Waals surface area contributed by atoms with E-state index in [0.717, 1.165) is 5.56 Å². The molecule has 0 aromatic heterocycles. The maximum atomic E-state index is 10.5. The third kappa shape index (κ3) is 4.02. The second-order valence-electron chi connectivity index (χ2n) is 3.31. The first-order valence-corrected chi connectivity index (χ1v) is 5.01. The van der Waals surface area contributed by atoms with Gasteiger partial charge >= 0.3 is 5.97 Å². The molecule has 0 aliphatic heterocycles. The molecule has 0 aliphatic rings. The van der Waals surface area contributed by atoms with Gasteiger partial charge in [0.25, 0.3) is 0 Å². The van der Waals surface area contributed by atoms with Crippen molar-refractivity contribution in [3.8, 4) is 5.75 Å². The summed E-state index contributed by atoms with van der Waals surface area (Å²) < 4.78 is 5.13. The highest BCUT2D eigenvalue weighted by atomic mass is 16.5. The summed E-state index contributed by atoms with van der Waals surface area (Å²) >= 11 is 0. The lowest BCUT2D eigenvalue weighted by molar-refractivity contribution is -0.137. The third-order valence-electron chi connectivity index (χ3n) is 2.16. The Hall–Kier alpha value is -2.24. The van der Waals surface area contributed by atoms with Gasteiger partial charge in [-0.05, 0) is 30.2 Å². The molecule has 6 nitrogen and oxygen atoms in total. The SMILES string of the molecule is COc1ccc(NNC=O)cc1CCC(=O)O. The van der Waals surface area contributed by atoms with Crippen molar-refractivity contribution in [2.45, 2.75) is 12.8 Å². The number of methoxy groups -OCH3 is 1. The molecule has 1 aromatic carbocycles. The largest absolute Gasteiger partial charge is 0.496 e. The molecule has 1 amide bonds. The summed E-state index contributed by atoms with van der Waals surface area (Å²) in [6, 6.07) is 5.17. The van der Waals surface area contributed by atoms with Gasteiger partial charge in [0.15, 0.2) is 0 Å². The highest BCUT2D eigenvalue weighted by molar-refractivity contribution is 5.67. The van der Waals surface area contributed by atoms with Crippen LogP contribution in [0.5, 0.6) is 5.75 Å². The molecule has 0 fully saturated rings. The van der Waals surface area contributed by atoms with Crippen LogP contribution in [-0.2, 0) is 16.0 Å². The quantitative estimate of drug-likeness (QED) is 0.482. The number of nitrogens with one attached hydrogen (secondary N) is 2. The van der Waals surface area contributed by atoms with Crippen molar-refractivity contribution < 1.29 is 19.4 Å². The van der Waals surface area contributed by atoms with Crippen molar-refractivity contribution in [3.63, 3.8) is 0 Å². The van der Waals surface area contributed by atoms with Crippen LogP contribution in [0.1, 0.15) is 12.0 Å². The van der Waals surface area contributed by atoms with Crippen molar-refractivity contribution in [1.29, 1.82) is 0 Å². The molecular formula is C11H14N2O4. The van der Waals surface area contributed by atoms with Crippen LogP contribution in [0.2, 0.25) is 0 Å². The van der Waals surface area contributed by atoms with Crippen LogP contribution < -0.4 is 15.6 Å². The Bertz CT molecular complexity index is 406. The molecular weight excluding hydrogens is 224 g/mol. The van der Waals surface area contributed by atoms with Gasteiger partial charge in [-0.1, -0.05) is 0 Å². The molecule has 3 N–H and O–H groups in total. The zero-order valence-corrected chi connectivity index (χ0v) is 9.40. The van der Waals surface area contributed by atoms with E-state index in [4.69, 9.17) is 9.84 Å². The number of hydrazine groups is 1. The number of carbonyl (C=O) groups excluding carboxylic acids is 1. The maximum absolute atomic E-state index is 10.5. The van der Waals surface area contributed by atoms with Crippen LogP contribution in [0.15, 0.2) is 18.2 Å². The van der Waals surface area contributed by atoms with Crippen molar-refractivity contribution >= 4 is 18.1 Å². The van der Waals surface area contributed by atoms with Gasteiger partial charge in [0.05, 0.1) is 12.8 Å². The minimum absolute atomic E-state index is 0.0287. The number of hydrogen-bond acceptors (Lipinski definition) is 4. The number of carbonyl (C=O) groups is 2. The Morgan fingerprint density at radius 1 is 1.53 bits per heavy atom. The first-order chi connectivity index (χ1) is 8.17. The topological polar surface area (TPSA) is 87.7 Å². The molecule has 1 rings (SSSR count). The van der Waals surface area contributed by atoms with Crippen LogP contribution >= 0.6 is 0 Å². The summed E-state index contributed by atoms with van der Waals surface area (Å²) in [5.74, 6) is -0.237. The molecule has 0 spiro atoms. The summed E-state index contributed by atoms with van der Waals surface area (Å²) in [5, 5.41) is 8.63. The van der Waals surface area contributed by atoms with E-state index in [-0.39, 0.29) is 6.42 Å². The average molecular weight is 238 g/mol. The van der Waals surface area contributed by atoms with E-state index in [9.17, 15) is 9.59 Å². The summed E-state index contributed by atoms with van der Waals surface area (Å²) in [6.07, 6.45) is 0.914. The van der Waals surface area contributed by atoms with Gasteiger partial charge < -0.3 is 9.84 Å². The predicted octanol–water partition coefficient (Wildman–Crippen LogP) is 0.785.